The predicted molar refractivity (Wildman–Crippen MR) is 140 cm³/mol. The number of nitrogens with one attached hydrogen (secondary N) is 1. The lowest BCUT2D eigenvalue weighted by Crippen LogP contribution is -2.44. The molecule has 1 aliphatic carbocycles. The zero-order valence-electron chi connectivity index (χ0n) is 20.8. The first-order valence-electron chi connectivity index (χ1n) is 12.9. The van der Waals surface area contributed by atoms with Gasteiger partial charge >= 0.3 is 0 Å². The number of aromatic nitrogens is 3. The molecule has 0 radical (unpaired) electrons. The zero-order valence-corrected chi connectivity index (χ0v) is 20.8. The van der Waals surface area contributed by atoms with Crippen LogP contribution in [0.1, 0.15) is 23.2 Å². The Balaban J connectivity index is 1.38. The third kappa shape index (κ3) is 3.14. The van der Waals surface area contributed by atoms with Crippen LogP contribution in [0.25, 0.3) is 33.5 Å². The molecule has 7 rings (SSSR count). The molecule has 0 unspecified atom stereocenters. The summed E-state index contributed by atoms with van der Waals surface area (Å²) in [5.41, 5.74) is 11.0. The van der Waals surface area contributed by atoms with Gasteiger partial charge in [-0.1, -0.05) is 18.2 Å². The van der Waals surface area contributed by atoms with Crippen LogP contribution in [0.2, 0.25) is 0 Å². The summed E-state index contributed by atoms with van der Waals surface area (Å²) in [5, 5.41) is 4.57. The average molecular weight is 485 g/mol. The molecule has 4 heterocycles. The number of imidazole rings is 1. The summed E-state index contributed by atoms with van der Waals surface area (Å²) in [5.74, 6) is 2.57. The van der Waals surface area contributed by atoms with E-state index in [4.69, 9.17) is 15.5 Å². The maximum atomic E-state index is 13.6. The zero-order chi connectivity index (χ0) is 24.6. The van der Waals surface area contributed by atoms with Gasteiger partial charge in [-0.05, 0) is 43.0 Å². The van der Waals surface area contributed by atoms with Crippen molar-refractivity contribution in [1.82, 2.24) is 24.3 Å². The van der Waals surface area contributed by atoms with E-state index in [9.17, 15) is 4.79 Å². The third-order valence-electron chi connectivity index (χ3n) is 8.68. The number of para-hydroxylation sites is 1. The average Bonchev–Trinajstić information content (AvgIpc) is 3.60. The summed E-state index contributed by atoms with van der Waals surface area (Å²) in [6, 6.07) is 14.7. The van der Waals surface area contributed by atoms with Crippen molar-refractivity contribution in [3.8, 4) is 17.3 Å². The van der Waals surface area contributed by atoms with E-state index in [1.807, 2.05) is 17.0 Å². The largest absolute Gasteiger partial charge is 0.494 e. The van der Waals surface area contributed by atoms with E-state index in [1.165, 1.54) is 10.9 Å². The second kappa shape index (κ2) is 8.08. The molecule has 186 valence electrons. The third-order valence-corrected chi connectivity index (χ3v) is 8.68. The SMILES string of the molecule is COc1cc(C(=O)N2C[C@H]3CC[C@@H]2[C@@H]3N)cc2nc(-c3cc4ccccc4n3C)n(CC3CNC3)c12. The number of aryl methyl sites for hydroxylation is 1. The first-order chi connectivity index (χ1) is 17.5. The number of piperidine rings is 1. The van der Waals surface area contributed by atoms with Crippen molar-refractivity contribution < 1.29 is 9.53 Å². The molecule has 2 aromatic heterocycles. The summed E-state index contributed by atoms with van der Waals surface area (Å²) in [4.78, 5) is 20.7. The molecule has 3 aliphatic rings. The maximum absolute atomic E-state index is 13.6. The van der Waals surface area contributed by atoms with Crippen molar-refractivity contribution in [2.24, 2.45) is 24.6 Å². The van der Waals surface area contributed by atoms with Gasteiger partial charge in [-0.2, -0.15) is 0 Å². The minimum Gasteiger partial charge on any atom is -0.494 e. The van der Waals surface area contributed by atoms with Gasteiger partial charge in [-0.25, -0.2) is 4.98 Å². The van der Waals surface area contributed by atoms with Crippen LogP contribution in [0.15, 0.2) is 42.5 Å². The highest BCUT2D eigenvalue weighted by Crippen LogP contribution is 2.39. The highest BCUT2D eigenvalue weighted by atomic mass is 16.5. The van der Waals surface area contributed by atoms with E-state index in [0.29, 0.717) is 23.1 Å². The number of hydrogen-bond acceptors (Lipinski definition) is 5. The van der Waals surface area contributed by atoms with Crippen molar-refractivity contribution in [2.45, 2.75) is 31.5 Å². The summed E-state index contributed by atoms with van der Waals surface area (Å²) in [7, 11) is 3.76. The van der Waals surface area contributed by atoms with Crippen molar-refractivity contribution in [3.63, 3.8) is 0 Å². The van der Waals surface area contributed by atoms with E-state index >= 15 is 0 Å². The number of hydrogen-bond donors (Lipinski definition) is 2. The Morgan fingerprint density at radius 3 is 2.69 bits per heavy atom. The number of nitrogens with two attached hydrogens (primary N) is 1. The number of likely N-dealkylation sites (tertiary alicyclic amines) is 1. The highest BCUT2D eigenvalue weighted by Gasteiger charge is 2.47. The number of benzene rings is 2. The Hall–Kier alpha value is -3.36. The first kappa shape index (κ1) is 21.9. The second-order valence-corrected chi connectivity index (χ2v) is 10.7. The number of nitrogens with zero attached hydrogens (tertiary/aromatic N) is 4. The lowest BCUT2D eigenvalue weighted by molar-refractivity contribution is 0.0700. The van der Waals surface area contributed by atoms with Gasteiger partial charge in [-0.3, -0.25) is 4.79 Å². The summed E-state index contributed by atoms with van der Waals surface area (Å²) in [6.45, 7) is 3.57. The minimum absolute atomic E-state index is 0.0294. The van der Waals surface area contributed by atoms with E-state index in [1.54, 1.807) is 7.11 Å². The second-order valence-electron chi connectivity index (χ2n) is 10.7. The van der Waals surface area contributed by atoms with Gasteiger partial charge in [-0.15, -0.1) is 0 Å². The van der Waals surface area contributed by atoms with Crippen LogP contribution in [0, 0.1) is 11.8 Å². The first-order valence-corrected chi connectivity index (χ1v) is 12.9. The van der Waals surface area contributed by atoms with Crippen molar-refractivity contribution in [2.75, 3.05) is 26.7 Å². The molecule has 8 heteroatoms. The fourth-order valence-electron chi connectivity index (χ4n) is 6.57. The normalized spacial score (nSPS) is 23.6. The maximum Gasteiger partial charge on any atom is 0.254 e. The fraction of sp³-hybridized carbons (Fsp3) is 0.429. The lowest BCUT2D eigenvalue weighted by atomic mass is 10.0. The Morgan fingerprint density at radius 1 is 1.19 bits per heavy atom. The van der Waals surface area contributed by atoms with Crippen LogP contribution in [0.3, 0.4) is 0 Å². The number of ether oxygens (including phenoxy) is 1. The van der Waals surface area contributed by atoms with Gasteiger partial charge in [0.15, 0.2) is 5.82 Å². The summed E-state index contributed by atoms with van der Waals surface area (Å²) in [6.07, 6.45) is 2.11. The molecule has 1 saturated carbocycles. The van der Waals surface area contributed by atoms with Crippen LogP contribution in [-0.2, 0) is 13.6 Å². The van der Waals surface area contributed by atoms with Crippen LogP contribution < -0.4 is 15.8 Å². The van der Waals surface area contributed by atoms with Gasteiger partial charge in [0.05, 0.1) is 18.3 Å². The molecule has 3 N–H and O–H groups in total. The van der Waals surface area contributed by atoms with Crippen LogP contribution in [-0.4, -0.2) is 63.8 Å². The van der Waals surface area contributed by atoms with Gasteiger partial charge in [0.2, 0.25) is 0 Å². The molecule has 2 bridgehead atoms. The molecular formula is C28H32N6O2. The predicted octanol–water partition coefficient (Wildman–Crippen LogP) is 2.98. The molecule has 1 amide bonds. The number of carbonyl (C=O) groups is 1. The molecular weight excluding hydrogens is 452 g/mol. The van der Waals surface area contributed by atoms with Gasteiger partial charge in [0, 0.05) is 67.7 Å². The highest BCUT2D eigenvalue weighted by molar-refractivity contribution is 6.00. The van der Waals surface area contributed by atoms with Crippen molar-refractivity contribution in [1.29, 1.82) is 0 Å². The van der Waals surface area contributed by atoms with Crippen molar-refractivity contribution >= 4 is 27.8 Å². The fourth-order valence-corrected chi connectivity index (χ4v) is 6.57. The minimum atomic E-state index is 0.0294. The van der Waals surface area contributed by atoms with E-state index in [-0.39, 0.29) is 18.0 Å². The molecule has 4 aromatic rings. The van der Waals surface area contributed by atoms with Crippen LogP contribution >= 0.6 is 0 Å². The molecule has 8 nitrogen and oxygen atoms in total. The van der Waals surface area contributed by atoms with E-state index in [0.717, 1.165) is 61.6 Å². The summed E-state index contributed by atoms with van der Waals surface area (Å²) < 4.78 is 10.4. The number of carbonyl (C=O) groups excluding carboxylic acids is 1. The molecule has 36 heavy (non-hydrogen) atoms. The standard InChI is InChI=1S/C28H32N6O2/c1-32-21-6-4-3-5-17(21)10-23(32)27-31-20-9-19(28(35)33-15-18-7-8-22(33)25(18)29)11-24(36-2)26(20)34(27)14-16-12-30-13-16/h3-6,9-11,16,18,22,25,30H,7-8,12-15,29H2,1-2H3/t18-,22-,25-/m1/s1. The van der Waals surface area contributed by atoms with E-state index in [2.05, 4.69) is 51.8 Å². The van der Waals surface area contributed by atoms with Gasteiger partial charge < -0.3 is 29.8 Å². The monoisotopic (exact) mass is 484 g/mol. The summed E-state index contributed by atoms with van der Waals surface area (Å²) >= 11 is 0. The molecule has 2 aromatic carbocycles. The van der Waals surface area contributed by atoms with E-state index < -0.39 is 0 Å². The number of fused-ring (bicyclic) bond motifs is 4. The Kier molecular flexibility index (Phi) is 4.91. The molecule has 2 saturated heterocycles. The smallest absolute Gasteiger partial charge is 0.254 e. The van der Waals surface area contributed by atoms with Gasteiger partial charge in [0.1, 0.15) is 11.3 Å². The van der Waals surface area contributed by atoms with Crippen molar-refractivity contribution in [3.05, 3.63) is 48.0 Å². The molecule has 2 aliphatic heterocycles. The molecule has 3 atom stereocenters. The Morgan fingerprint density at radius 2 is 2.03 bits per heavy atom. The number of amides is 1. The topological polar surface area (TPSA) is 90.3 Å². The Labute approximate surface area is 210 Å². The Bertz CT molecular complexity index is 1500. The number of rotatable bonds is 5. The molecule has 3 fully saturated rings. The van der Waals surface area contributed by atoms with Crippen LogP contribution in [0.5, 0.6) is 5.75 Å². The molecule has 0 spiro atoms. The van der Waals surface area contributed by atoms with Crippen LogP contribution in [0.4, 0.5) is 0 Å². The number of methoxy groups -OCH3 is 1. The quantitative estimate of drug-likeness (QED) is 0.455. The lowest BCUT2D eigenvalue weighted by Gasteiger charge is -2.28. The van der Waals surface area contributed by atoms with Gasteiger partial charge in [0.25, 0.3) is 5.91 Å².